The van der Waals surface area contributed by atoms with Crippen LogP contribution in [0.4, 0.5) is 0 Å². The molecule has 0 radical (unpaired) electrons. The van der Waals surface area contributed by atoms with Gasteiger partial charge in [0.25, 0.3) is 0 Å². The van der Waals surface area contributed by atoms with Crippen LogP contribution in [0.5, 0.6) is 0 Å². The Hall–Kier alpha value is -1.06. The second-order valence-corrected chi connectivity index (χ2v) is 3.38. The molecule has 68 valence electrons. The van der Waals surface area contributed by atoms with Crippen LogP contribution in [0.3, 0.4) is 0 Å². The highest BCUT2D eigenvalue weighted by Crippen LogP contribution is 2.23. The maximum absolute atomic E-state index is 6.01. The molecule has 0 aromatic carbocycles. The summed E-state index contributed by atoms with van der Waals surface area (Å²) in [6, 6.07) is 5.71. The van der Waals surface area contributed by atoms with E-state index >= 15 is 0 Å². The van der Waals surface area contributed by atoms with Crippen molar-refractivity contribution in [3.8, 4) is 0 Å². The third-order valence-corrected chi connectivity index (χ3v) is 2.25. The molecule has 0 saturated heterocycles. The maximum Gasteiger partial charge on any atom is 0.142 e. The fraction of sp³-hybridized carbons (Fsp3) is 0.222. The molecular formula is C9H10ClN3. The lowest BCUT2D eigenvalue weighted by Gasteiger charge is -2.09. The summed E-state index contributed by atoms with van der Waals surface area (Å²) in [5.74, 6) is 0. The number of rotatable bonds is 1. The van der Waals surface area contributed by atoms with Gasteiger partial charge in [-0.25, -0.2) is 4.98 Å². The molecule has 0 fully saturated rings. The van der Waals surface area contributed by atoms with Crippen LogP contribution in [0.2, 0.25) is 5.15 Å². The largest absolute Gasteiger partial charge is 0.311 e. The molecule has 0 aliphatic rings. The van der Waals surface area contributed by atoms with Crippen molar-refractivity contribution in [3.05, 3.63) is 29.5 Å². The van der Waals surface area contributed by atoms with E-state index in [1.54, 1.807) is 10.8 Å². The van der Waals surface area contributed by atoms with Gasteiger partial charge in [0.1, 0.15) is 10.8 Å². The van der Waals surface area contributed by atoms with Crippen molar-refractivity contribution in [1.82, 2.24) is 9.55 Å². The Kier molecular flexibility index (Phi) is 1.98. The minimum Gasteiger partial charge on any atom is -0.311 e. The first-order valence-electron chi connectivity index (χ1n) is 4.07. The molecule has 0 spiro atoms. The first kappa shape index (κ1) is 8.53. The lowest BCUT2D eigenvalue weighted by Crippen LogP contribution is -2.14. The zero-order valence-corrected chi connectivity index (χ0v) is 7.99. The number of fused-ring (bicyclic) bond motifs is 1. The average Bonchev–Trinajstić information content (AvgIpc) is 2.39. The summed E-state index contributed by atoms with van der Waals surface area (Å²) in [5.41, 5.74) is 6.60. The van der Waals surface area contributed by atoms with Crippen molar-refractivity contribution >= 4 is 22.6 Å². The molecule has 0 aliphatic heterocycles. The summed E-state index contributed by atoms with van der Waals surface area (Å²) < 4.78 is 1.80. The van der Waals surface area contributed by atoms with Gasteiger partial charge >= 0.3 is 0 Å². The van der Waals surface area contributed by atoms with E-state index in [0.29, 0.717) is 5.15 Å². The van der Waals surface area contributed by atoms with Gasteiger partial charge in [0.15, 0.2) is 0 Å². The van der Waals surface area contributed by atoms with Gasteiger partial charge in [-0.1, -0.05) is 11.6 Å². The molecule has 2 aromatic rings. The van der Waals surface area contributed by atoms with Gasteiger partial charge in [0.2, 0.25) is 0 Å². The summed E-state index contributed by atoms with van der Waals surface area (Å²) >= 11 is 6.01. The van der Waals surface area contributed by atoms with Crippen molar-refractivity contribution in [2.24, 2.45) is 5.73 Å². The quantitative estimate of drug-likeness (QED) is 0.758. The third-order valence-electron chi connectivity index (χ3n) is 1.96. The summed E-state index contributed by atoms with van der Waals surface area (Å²) in [7, 11) is 0. The Morgan fingerprint density at radius 1 is 1.62 bits per heavy atom. The number of hydrogen-bond donors (Lipinski definition) is 1. The molecule has 3 nitrogen and oxygen atoms in total. The van der Waals surface area contributed by atoms with E-state index in [-0.39, 0.29) is 6.17 Å². The maximum atomic E-state index is 6.01. The molecule has 0 bridgehead atoms. The second-order valence-electron chi connectivity index (χ2n) is 2.99. The van der Waals surface area contributed by atoms with Crippen molar-refractivity contribution < 1.29 is 0 Å². The third kappa shape index (κ3) is 1.30. The number of nitrogens with zero attached hydrogens (tertiary/aromatic N) is 2. The Morgan fingerprint density at radius 3 is 3.08 bits per heavy atom. The van der Waals surface area contributed by atoms with E-state index in [1.165, 1.54) is 0 Å². The second kappa shape index (κ2) is 3.01. The van der Waals surface area contributed by atoms with Crippen LogP contribution < -0.4 is 5.73 Å². The van der Waals surface area contributed by atoms with Crippen LogP contribution in [-0.4, -0.2) is 9.55 Å². The highest BCUT2D eigenvalue weighted by molar-refractivity contribution is 6.30. The fourth-order valence-corrected chi connectivity index (χ4v) is 1.76. The van der Waals surface area contributed by atoms with Crippen LogP contribution in [-0.2, 0) is 0 Å². The fourth-order valence-electron chi connectivity index (χ4n) is 1.41. The molecule has 2 heterocycles. The minimum atomic E-state index is -0.153. The summed E-state index contributed by atoms with van der Waals surface area (Å²) in [4.78, 5) is 4.22. The molecule has 2 rings (SSSR count). The number of nitrogens with two attached hydrogens (primary N) is 1. The highest BCUT2D eigenvalue weighted by atomic mass is 35.5. The first-order chi connectivity index (χ1) is 6.20. The smallest absolute Gasteiger partial charge is 0.142 e. The van der Waals surface area contributed by atoms with Gasteiger partial charge in [-0.05, 0) is 25.1 Å². The van der Waals surface area contributed by atoms with Gasteiger partial charge in [-0.15, -0.1) is 0 Å². The van der Waals surface area contributed by atoms with E-state index in [0.717, 1.165) is 11.0 Å². The predicted octanol–water partition coefficient (Wildman–Crippen LogP) is 2.17. The Bertz CT molecular complexity index is 433. The lowest BCUT2D eigenvalue weighted by atomic mass is 10.3. The van der Waals surface area contributed by atoms with Crippen molar-refractivity contribution in [3.63, 3.8) is 0 Å². The predicted molar refractivity (Wildman–Crippen MR) is 53.6 cm³/mol. The van der Waals surface area contributed by atoms with Crippen molar-refractivity contribution in [2.45, 2.75) is 13.1 Å². The Labute approximate surface area is 81.1 Å². The van der Waals surface area contributed by atoms with E-state index in [9.17, 15) is 0 Å². The van der Waals surface area contributed by atoms with E-state index in [4.69, 9.17) is 17.3 Å². The molecule has 0 aliphatic carbocycles. The first-order valence-corrected chi connectivity index (χ1v) is 4.45. The molecule has 13 heavy (non-hydrogen) atoms. The van der Waals surface area contributed by atoms with Gasteiger partial charge in [0, 0.05) is 11.6 Å². The molecular weight excluding hydrogens is 186 g/mol. The molecule has 2 aromatic heterocycles. The zero-order valence-electron chi connectivity index (χ0n) is 7.24. The monoisotopic (exact) mass is 195 g/mol. The number of hydrogen-bond acceptors (Lipinski definition) is 2. The van der Waals surface area contributed by atoms with Crippen LogP contribution in [0.1, 0.15) is 13.1 Å². The Morgan fingerprint density at radius 2 is 2.38 bits per heavy atom. The van der Waals surface area contributed by atoms with Crippen LogP contribution in [0.15, 0.2) is 24.4 Å². The van der Waals surface area contributed by atoms with E-state index in [2.05, 4.69) is 4.98 Å². The topological polar surface area (TPSA) is 43.8 Å². The SMILES string of the molecule is CC(N)n1c(Cl)cc2cccnc21. The highest BCUT2D eigenvalue weighted by Gasteiger charge is 2.09. The molecule has 2 N–H and O–H groups in total. The summed E-state index contributed by atoms with van der Waals surface area (Å²) in [6.45, 7) is 1.88. The standard InChI is InChI=1S/C9H10ClN3/c1-6(11)13-8(10)5-7-3-2-4-12-9(7)13/h2-6H,11H2,1H3. The average molecular weight is 196 g/mol. The molecule has 0 amide bonds. The minimum absolute atomic E-state index is 0.153. The van der Waals surface area contributed by atoms with Crippen molar-refractivity contribution in [2.75, 3.05) is 0 Å². The summed E-state index contributed by atoms with van der Waals surface area (Å²) in [5, 5.41) is 1.65. The van der Waals surface area contributed by atoms with Gasteiger partial charge in [0.05, 0.1) is 6.17 Å². The van der Waals surface area contributed by atoms with E-state index in [1.807, 2.05) is 25.1 Å². The van der Waals surface area contributed by atoms with E-state index < -0.39 is 0 Å². The normalized spacial score (nSPS) is 13.5. The number of halogens is 1. The Balaban J connectivity index is 2.78. The number of pyridine rings is 1. The van der Waals surface area contributed by atoms with Crippen LogP contribution in [0, 0.1) is 0 Å². The summed E-state index contributed by atoms with van der Waals surface area (Å²) in [6.07, 6.45) is 1.58. The molecule has 1 atom stereocenters. The number of aromatic nitrogens is 2. The molecule has 4 heteroatoms. The van der Waals surface area contributed by atoms with Gasteiger partial charge < -0.3 is 10.3 Å². The van der Waals surface area contributed by atoms with Gasteiger partial charge in [-0.2, -0.15) is 0 Å². The van der Waals surface area contributed by atoms with Gasteiger partial charge in [-0.3, -0.25) is 0 Å². The lowest BCUT2D eigenvalue weighted by molar-refractivity contribution is 0.589. The van der Waals surface area contributed by atoms with Crippen molar-refractivity contribution in [1.29, 1.82) is 0 Å². The van der Waals surface area contributed by atoms with Crippen LogP contribution >= 0.6 is 11.6 Å². The zero-order chi connectivity index (χ0) is 9.42. The molecule has 1 unspecified atom stereocenters. The van der Waals surface area contributed by atoms with Crippen LogP contribution in [0.25, 0.3) is 11.0 Å². The molecule has 0 saturated carbocycles.